The van der Waals surface area contributed by atoms with Crippen LogP contribution in [0.3, 0.4) is 0 Å². The van der Waals surface area contributed by atoms with E-state index in [-0.39, 0.29) is 23.3 Å². The summed E-state index contributed by atoms with van der Waals surface area (Å²) in [5.41, 5.74) is 5.27. The van der Waals surface area contributed by atoms with Crippen molar-refractivity contribution in [2.45, 2.75) is 32.2 Å². The summed E-state index contributed by atoms with van der Waals surface area (Å²) in [6, 6.07) is 4.10. The van der Waals surface area contributed by atoms with E-state index in [1.54, 1.807) is 13.0 Å². The summed E-state index contributed by atoms with van der Waals surface area (Å²) in [5.74, 6) is 0.0873. The Kier molecular flexibility index (Phi) is 4.13. The van der Waals surface area contributed by atoms with Gasteiger partial charge >= 0.3 is 0 Å². The van der Waals surface area contributed by atoms with Crippen LogP contribution in [0.5, 0.6) is 5.75 Å². The number of hydrogen-bond acceptors (Lipinski definition) is 5. The number of benzene rings is 1. The van der Waals surface area contributed by atoms with Crippen LogP contribution >= 0.6 is 0 Å². The van der Waals surface area contributed by atoms with Crippen LogP contribution < -0.4 is 15.8 Å². The van der Waals surface area contributed by atoms with Crippen LogP contribution in [0.25, 0.3) is 0 Å². The Balaban J connectivity index is 2.27. The first-order valence-electron chi connectivity index (χ1n) is 6.78. The molecular weight excluding hydrogens is 274 g/mol. The fourth-order valence-corrected chi connectivity index (χ4v) is 2.64. The van der Waals surface area contributed by atoms with Crippen LogP contribution in [0.15, 0.2) is 18.2 Å². The third kappa shape index (κ3) is 2.82. The maximum Gasteiger partial charge on any atom is 0.296 e. The van der Waals surface area contributed by atoms with Gasteiger partial charge in [0, 0.05) is 6.04 Å². The lowest BCUT2D eigenvalue weighted by Crippen LogP contribution is -2.44. The Labute approximate surface area is 122 Å². The molecule has 1 aromatic rings. The average molecular weight is 293 g/mol. The number of rotatable bonds is 4. The Bertz CT molecular complexity index is 575. The SMILES string of the molecule is COc1ccc(NC(=O)C2(C)CCCC2N)c([N+](=O)[O-])c1. The number of carbonyl (C=O) groups is 1. The standard InChI is InChI=1S/C14H19N3O4/c1-14(7-3-4-12(14)15)13(18)16-10-6-5-9(21-2)8-11(10)17(19)20/h5-6,8,12H,3-4,7,15H2,1-2H3,(H,16,18). The molecule has 1 aliphatic carbocycles. The van der Waals surface area contributed by atoms with Crippen molar-refractivity contribution < 1.29 is 14.5 Å². The van der Waals surface area contributed by atoms with Crippen LogP contribution in [-0.4, -0.2) is 24.0 Å². The second-order valence-corrected chi connectivity index (χ2v) is 5.51. The van der Waals surface area contributed by atoms with E-state index in [0.29, 0.717) is 12.2 Å². The van der Waals surface area contributed by atoms with Crippen molar-refractivity contribution in [1.29, 1.82) is 0 Å². The molecule has 1 aliphatic rings. The first kappa shape index (κ1) is 15.2. The van der Waals surface area contributed by atoms with Gasteiger partial charge in [0.1, 0.15) is 11.4 Å². The zero-order valence-electron chi connectivity index (χ0n) is 12.1. The molecule has 0 spiro atoms. The number of hydrogen-bond donors (Lipinski definition) is 2. The van der Waals surface area contributed by atoms with E-state index in [0.717, 1.165) is 12.8 Å². The molecule has 1 fully saturated rings. The van der Waals surface area contributed by atoms with E-state index < -0.39 is 10.3 Å². The molecule has 0 radical (unpaired) electrons. The van der Waals surface area contributed by atoms with Crippen molar-refractivity contribution in [1.82, 2.24) is 0 Å². The van der Waals surface area contributed by atoms with Crippen LogP contribution in [0.2, 0.25) is 0 Å². The largest absolute Gasteiger partial charge is 0.496 e. The van der Waals surface area contributed by atoms with Crippen LogP contribution in [0.1, 0.15) is 26.2 Å². The summed E-state index contributed by atoms with van der Waals surface area (Å²) >= 11 is 0. The molecule has 0 aliphatic heterocycles. The van der Waals surface area contributed by atoms with Crippen molar-refractivity contribution in [2.24, 2.45) is 11.1 Å². The molecule has 0 aromatic heterocycles. The molecule has 0 saturated heterocycles. The van der Waals surface area contributed by atoms with E-state index in [1.165, 1.54) is 19.2 Å². The lowest BCUT2D eigenvalue weighted by Gasteiger charge is -2.27. The van der Waals surface area contributed by atoms with Gasteiger partial charge in [0.2, 0.25) is 5.91 Å². The third-order valence-corrected chi connectivity index (χ3v) is 4.20. The fraction of sp³-hybridized carbons (Fsp3) is 0.500. The predicted octanol–water partition coefficient (Wildman–Crippen LogP) is 2.06. The van der Waals surface area contributed by atoms with Gasteiger partial charge in [0.15, 0.2) is 0 Å². The molecule has 2 unspecified atom stereocenters. The summed E-state index contributed by atoms with van der Waals surface area (Å²) in [6.07, 6.45) is 2.36. The highest BCUT2D eigenvalue weighted by atomic mass is 16.6. The Morgan fingerprint density at radius 3 is 2.81 bits per heavy atom. The summed E-state index contributed by atoms with van der Waals surface area (Å²) < 4.78 is 4.96. The highest BCUT2D eigenvalue weighted by Gasteiger charge is 2.43. The van der Waals surface area contributed by atoms with Gasteiger partial charge in [0.25, 0.3) is 5.69 Å². The number of nitro benzene ring substituents is 1. The quantitative estimate of drug-likeness (QED) is 0.652. The second-order valence-electron chi connectivity index (χ2n) is 5.51. The molecule has 2 rings (SSSR count). The number of nitrogens with zero attached hydrogens (tertiary/aromatic N) is 1. The predicted molar refractivity (Wildman–Crippen MR) is 78.2 cm³/mol. The van der Waals surface area contributed by atoms with Crippen molar-refractivity contribution in [3.63, 3.8) is 0 Å². The molecule has 7 heteroatoms. The zero-order valence-corrected chi connectivity index (χ0v) is 12.1. The molecule has 1 saturated carbocycles. The first-order valence-corrected chi connectivity index (χ1v) is 6.78. The number of methoxy groups -OCH3 is 1. The highest BCUT2D eigenvalue weighted by molar-refractivity contribution is 5.97. The van der Waals surface area contributed by atoms with Crippen molar-refractivity contribution in [3.05, 3.63) is 28.3 Å². The number of amides is 1. The summed E-state index contributed by atoms with van der Waals surface area (Å²) in [5, 5.41) is 13.8. The summed E-state index contributed by atoms with van der Waals surface area (Å²) in [7, 11) is 1.43. The van der Waals surface area contributed by atoms with Crippen LogP contribution in [0.4, 0.5) is 11.4 Å². The molecule has 0 bridgehead atoms. The molecule has 1 amide bonds. The number of carbonyl (C=O) groups excluding carboxylic acids is 1. The van der Waals surface area contributed by atoms with Crippen molar-refractivity contribution in [2.75, 3.05) is 12.4 Å². The van der Waals surface area contributed by atoms with E-state index >= 15 is 0 Å². The molecule has 1 aromatic carbocycles. The molecule has 21 heavy (non-hydrogen) atoms. The number of nitro groups is 1. The Hall–Kier alpha value is -2.15. The van der Waals surface area contributed by atoms with Gasteiger partial charge in [-0.3, -0.25) is 14.9 Å². The molecule has 7 nitrogen and oxygen atoms in total. The number of anilines is 1. The third-order valence-electron chi connectivity index (χ3n) is 4.20. The zero-order chi connectivity index (χ0) is 15.6. The maximum absolute atomic E-state index is 12.4. The van der Waals surface area contributed by atoms with Crippen LogP contribution in [0, 0.1) is 15.5 Å². The van der Waals surface area contributed by atoms with Gasteiger partial charge in [-0.05, 0) is 31.9 Å². The fourth-order valence-electron chi connectivity index (χ4n) is 2.64. The van der Waals surface area contributed by atoms with Gasteiger partial charge in [-0.1, -0.05) is 6.42 Å². The van der Waals surface area contributed by atoms with E-state index in [2.05, 4.69) is 5.32 Å². The second kappa shape index (κ2) is 5.69. The van der Waals surface area contributed by atoms with Crippen LogP contribution in [-0.2, 0) is 4.79 Å². The summed E-state index contributed by atoms with van der Waals surface area (Å²) in [6.45, 7) is 1.80. The Morgan fingerprint density at radius 1 is 1.57 bits per heavy atom. The minimum Gasteiger partial charge on any atom is -0.496 e. The summed E-state index contributed by atoms with van der Waals surface area (Å²) in [4.78, 5) is 23.0. The van der Waals surface area contributed by atoms with Crippen molar-refractivity contribution in [3.8, 4) is 5.75 Å². The maximum atomic E-state index is 12.4. The Morgan fingerprint density at radius 2 is 2.29 bits per heavy atom. The minimum absolute atomic E-state index is 0.158. The smallest absolute Gasteiger partial charge is 0.296 e. The molecule has 3 N–H and O–H groups in total. The highest BCUT2D eigenvalue weighted by Crippen LogP contribution is 2.39. The van der Waals surface area contributed by atoms with Gasteiger partial charge < -0.3 is 15.8 Å². The van der Waals surface area contributed by atoms with E-state index in [1.807, 2.05) is 0 Å². The topological polar surface area (TPSA) is 107 Å². The number of nitrogens with one attached hydrogen (secondary N) is 1. The lowest BCUT2D eigenvalue weighted by atomic mass is 9.84. The lowest BCUT2D eigenvalue weighted by molar-refractivity contribution is -0.384. The number of ether oxygens (including phenoxy) is 1. The minimum atomic E-state index is -0.687. The molecule has 0 heterocycles. The number of nitrogens with two attached hydrogens (primary N) is 1. The van der Waals surface area contributed by atoms with E-state index in [4.69, 9.17) is 10.5 Å². The van der Waals surface area contributed by atoms with Gasteiger partial charge in [-0.15, -0.1) is 0 Å². The monoisotopic (exact) mass is 293 g/mol. The van der Waals surface area contributed by atoms with E-state index in [9.17, 15) is 14.9 Å². The molecular formula is C14H19N3O4. The first-order chi connectivity index (χ1) is 9.88. The van der Waals surface area contributed by atoms with Crippen molar-refractivity contribution >= 4 is 17.3 Å². The normalized spacial score (nSPS) is 24.6. The molecule has 2 atom stereocenters. The average Bonchev–Trinajstić information content (AvgIpc) is 2.80. The molecule has 114 valence electrons. The van der Waals surface area contributed by atoms with Gasteiger partial charge in [0.05, 0.1) is 23.5 Å². The van der Waals surface area contributed by atoms with Gasteiger partial charge in [-0.25, -0.2) is 0 Å². The van der Waals surface area contributed by atoms with Gasteiger partial charge in [-0.2, -0.15) is 0 Å².